The molecule has 20 heavy (non-hydrogen) atoms. The van der Waals surface area contributed by atoms with Crippen LogP contribution in [0.5, 0.6) is 0 Å². The first-order chi connectivity index (χ1) is 9.31. The van der Waals surface area contributed by atoms with Gasteiger partial charge in [-0.15, -0.1) is 0 Å². The van der Waals surface area contributed by atoms with Crippen LogP contribution in [0.1, 0.15) is 24.5 Å². The summed E-state index contributed by atoms with van der Waals surface area (Å²) in [6.45, 7) is 2.86. The lowest BCUT2D eigenvalue weighted by molar-refractivity contribution is -0.137. The summed E-state index contributed by atoms with van der Waals surface area (Å²) in [6, 6.07) is 3.90. The summed E-state index contributed by atoms with van der Waals surface area (Å²) in [7, 11) is 0. The van der Waals surface area contributed by atoms with E-state index in [-0.39, 0.29) is 17.2 Å². The molecule has 0 amide bonds. The van der Waals surface area contributed by atoms with Crippen LogP contribution in [-0.4, -0.2) is 29.8 Å². The Morgan fingerprint density at radius 1 is 1.40 bits per heavy atom. The zero-order chi connectivity index (χ0) is 15.3. The van der Waals surface area contributed by atoms with Gasteiger partial charge in [0.1, 0.15) is 4.99 Å². The van der Waals surface area contributed by atoms with Gasteiger partial charge < -0.3 is 15.7 Å². The van der Waals surface area contributed by atoms with Gasteiger partial charge in [0.05, 0.1) is 5.56 Å². The normalized spacial score (nSPS) is 11.4. The molecule has 0 aliphatic carbocycles. The van der Waals surface area contributed by atoms with Crippen molar-refractivity contribution in [2.24, 2.45) is 5.73 Å². The number of benzene rings is 1. The second kappa shape index (κ2) is 6.90. The number of rotatable bonds is 6. The fourth-order valence-electron chi connectivity index (χ4n) is 1.91. The Bertz CT molecular complexity index is 477. The summed E-state index contributed by atoms with van der Waals surface area (Å²) in [6.07, 6.45) is -4.02. The molecule has 0 radical (unpaired) electrons. The van der Waals surface area contributed by atoms with Crippen LogP contribution < -0.4 is 10.6 Å². The Morgan fingerprint density at radius 2 is 2.05 bits per heavy atom. The van der Waals surface area contributed by atoms with Gasteiger partial charge in [0.2, 0.25) is 0 Å². The van der Waals surface area contributed by atoms with E-state index >= 15 is 0 Å². The number of hydrogen-bond acceptors (Lipinski definition) is 3. The van der Waals surface area contributed by atoms with Crippen LogP contribution >= 0.6 is 12.2 Å². The number of thiocarbonyl (C=S) groups is 1. The SMILES string of the molecule is CCN(CCCO)c1ccc(C(N)=S)c(C(F)(F)F)c1. The molecule has 1 aromatic rings. The molecule has 0 aliphatic rings. The lowest BCUT2D eigenvalue weighted by Gasteiger charge is -2.24. The van der Waals surface area contributed by atoms with Crippen molar-refractivity contribution in [3.05, 3.63) is 29.3 Å². The van der Waals surface area contributed by atoms with Crippen LogP contribution in [0.15, 0.2) is 18.2 Å². The highest BCUT2D eigenvalue weighted by Gasteiger charge is 2.34. The highest BCUT2D eigenvalue weighted by atomic mass is 32.1. The largest absolute Gasteiger partial charge is 0.417 e. The summed E-state index contributed by atoms with van der Waals surface area (Å²) in [5, 5.41) is 8.82. The molecular formula is C13H17F3N2OS. The Kier molecular flexibility index (Phi) is 5.76. The van der Waals surface area contributed by atoms with Crippen molar-refractivity contribution in [3.8, 4) is 0 Å². The number of aliphatic hydroxyl groups excluding tert-OH is 1. The van der Waals surface area contributed by atoms with E-state index in [4.69, 9.17) is 10.8 Å². The molecular weight excluding hydrogens is 289 g/mol. The van der Waals surface area contributed by atoms with Gasteiger partial charge in [-0.25, -0.2) is 0 Å². The van der Waals surface area contributed by atoms with E-state index in [2.05, 4.69) is 12.2 Å². The minimum absolute atomic E-state index is 0.00635. The Morgan fingerprint density at radius 3 is 2.50 bits per heavy atom. The molecule has 0 atom stereocenters. The average Bonchev–Trinajstić information content (AvgIpc) is 2.38. The van der Waals surface area contributed by atoms with E-state index in [1.54, 1.807) is 11.0 Å². The monoisotopic (exact) mass is 306 g/mol. The van der Waals surface area contributed by atoms with Gasteiger partial charge in [-0.2, -0.15) is 13.2 Å². The van der Waals surface area contributed by atoms with E-state index in [0.717, 1.165) is 6.07 Å². The van der Waals surface area contributed by atoms with Crippen molar-refractivity contribution in [2.45, 2.75) is 19.5 Å². The van der Waals surface area contributed by atoms with Crippen molar-refractivity contribution in [2.75, 3.05) is 24.6 Å². The first-order valence-corrected chi connectivity index (χ1v) is 6.59. The molecule has 112 valence electrons. The van der Waals surface area contributed by atoms with Crippen molar-refractivity contribution in [3.63, 3.8) is 0 Å². The number of nitrogens with zero attached hydrogens (tertiary/aromatic N) is 1. The van der Waals surface area contributed by atoms with Crippen LogP contribution in [0.4, 0.5) is 18.9 Å². The van der Waals surface area contributed by atoms with Crippen molar-refractivity contribution >= 4 is 22.9 Å². The maximum atomic E-state index is 13.0. The molecule has 0 aliphatic heterocycles. The third kappa shape index (κ3) is 4.08. The summed E-state index contributed by atoms with van der Waals surface area (Å²) < 4.78 is 39.1. The molecule has 7 heteroatoms. The van der Waals surface area contributed by atoms with Gasteiger partial charge in [0, 0.05) is 30.9 Å². The topological polar surface area (TPSA) is 49.5 Å². The Balaban J connectivity index is 3.21. The maximum absolute atomic E-state index is 13.0. The van der Waals surface area contributed by atoms with Gasteiger partial charge in [-0.05, 0) is 31.5 Å². The lowest BCUT2D eigenvalue weighted by atomic mass is 10.1. The van der Waals surface area contributed by atoms with Crippen LogP contribution in [-0.2, 0) is 6.18 Å². The second-order valence-electron chi connectivity index (χ2n) is 4.25. The van der Waals surface area contributed by atoms with E-state index < -0.39 is 11.7 Å². The minimum atomic E-state index is -4.51. The summed E-state index contributed by atoms with van der Waals surface area (Å²) in [5.41, 5.74) is 4.77. The first-order valence-electron chi connectivity index (χ1n) is 6.18. The second-order valence-corrected chi connectivity index (χ2v) is 4.69. The van der Waals surface area contributed by atoms with E-state index in [1.807, 2.05) is 6.92 Å². The summed E-state index contributed by atoms with van der Waals surface area (Å²) in [5.74, 6) is 0. The van der Waals surface area contributed by atoms with Gasteiger partial charge in [-0.3, -0.25) is 0 Å². The van der Waals surface area contributed by atoms with E-state index in [9.17, 15) is 13.2 Å². The minimum Gasteiger partial charge on any atom is -0.396 e. The molecule has 1 rings (SSSR count). The molecule has 0 saturated heterocycles. The fraction of sp³-hybridized carbons (Fsp3) is 0.462. The molecule has 3 N–H and O–H groups in total. The van der Waals surface area contributed by atoms with Gasteiger partial charge in [0.15, 0.2) is 0 Å². The number of aliphatic hydroxyl groups is 1. The number of nitrogens with two attached hydrogens (primary N) is 1. The molecule has 0 fully saturated rings. The van der Waals surface area contributed by atoms with Gasteiger partial charge >= 0.3 is 6.18 Å². The molecule has 3 nitrogen and oxygen atoms in total. The summed E-state index contributed by atoms with van der Waals surface area (Å²) >= 11 is 4.66. The van der Waals surface area contributed by atoms with E-state index in [1.165, 1.54) is 6.07 Å². The van der Waals surface area contributed by atoms with E-state index in [0.29, 0.717) is 25.2 Å². The van der Waals surface area contributed by atoms with Crippen LogP contribution in [0.2, 0.25) is 0 Å². The quantitative estimate of drug-likeness (QED) is 0.793. The number of anilines is 1. The molecule has 0 saturated carbocycles. The molecule has 0 spiro atoms. The molecule has 1 aromatic carbocycles. The Labute approximate surface area is 121 Å². The number of hydrogen-bond donors (Lipinski definition) is 2. The zero-order valence-corrected chi connectivity index (χ0v) is 11.9. The lowest BCUT2D eigenvalue weighted by Crippen LogP contribution is -2.26. The number of halogens is 3. The zero-order valence-electron chi connectivity index (χ0n) is 11.1. The molecule has 0 unspecified atom stereocenters. The highest BCUT2D eigenvalue weighted by Crippen LogP contribution is 2.34. The predicted molar refractivity (Wildman–Crippen MR) is 76.9 cm³/mol. The predicted octanol–water partition coefficient (Wildman–Crippen LogP) is 2.55. The van der Waals surface area contributed by atoms with Crippen LogP contribution in [0.3, 0.4) is 0 Å². The van der Waals surface area contributed by atoms with Gasteiger partial charge in [0.25, 0.3) is 0 Å². The maximum Gasteiger partial charge on any atom is 0.417 e. The summed E-state index contributed by atoms with van der Waals surface area (Å²) in [4.78, 5) is 1.48. The Hall–Kier alpha value is -1.34. The molecule has 0 bridgehead atoms. The van der Waals surface area contributed by atoms with Crippen molar-refractivity contribution in [1.82, 2.24) is 0 Å². The molecule has 0 aromatic heterocycles. The third-order valence-corrected chi connectivity index (χ3v) is 3.13. The molecule has 0 heterocycles. The third-order valence-electron chi connectivity index (χ3n) is 2.91. The highest BCUT2D eigenvalue weighted by molar-refractivity contribution is 7.80. The fourth-order valence-corrected chi connectivity index (χ4v) is 2.09. The van der Waals surface area contributed by atoms with Crippen molar-refractivity contribution in [1.29, 1.82) is 0 Å². The number of alkyl halides is 3. The average molecular weight is 306 g/mol. The van der Waals surface area contributed by atoms with Gasteiger partial charge in [-0.1, -0.05) is 12.2 Å². The smallest absolute Gasteiger partial charge is 0.396 e. The first kappa shape index (κ1) is 16.7. The van der Waals surface area contributed by atoms with Crippen molar-refractivity contribution < 1.29 is 18.3 Å². The van der Waals surface area contributed by atoms with Crippen LogP contribution in [0, 0.1) is 0 Å². The van der Waals surface area contributed by atoms with Crippen LogP contribution in [0.25, 0.3) is 0 Å². The standard InChI is InChI=1S/C13H17F3N2OS/c1-2-18(6-3-7-19)9-4-5-10(12(17)20)11(8-9)13(14,15)16/h4-5,8,19H,2-3,6-7H2,1H3,(H2,17,20).